The molecule has 31 atom stereocenters. The van der Waals surface area contributed by atoms with E-state index in [0.717, 1.165) is 38.5 Å². The molecular formula is C57H94O22. The molecule has 5 aliphatic heterocycles. The molecule has 79 heavy (non-hydrogen) atoms. The Morgan fingerprint density at radius 1 is 0.595 bits per heavy atom. The van der Waals surface area contributed by atoms with Crippen LogP contribution in [-0.2, 0) is 75.8 Å². The van der Waals surface area contributed by atoms with Crippen molar-refractivity contribution in [2.24, 2.45) is 34.5 Å². The second-order valence-electron chi connectivity index (χ2n) is 24.8. The van der Waals surface area contributed by atoms with E-state index in [1.165, 1.54) is 14.0 Å². The summed E-state index contributed by atoms with van der Waals surface area (Å²) in [6.45, 7) is 14.8. The van der Waals surface area contributed by atoms with Gasteiger partial charge in [-0.2, -0.15) is 0 Å². The van der Waals surface area contributed by atoms with Crippen molar-refractivity contribution in [3.63, 3.8) is 0 Å². The van der Waals surface area contributed by atoms with Crippen molar-refractivity contribution in [3.8, 4) is 0 Å². The van der Waals surface area contributed by atoms with Crippen molar-refractivity contribution in [1.29, 1.82) is 0 Å². The monoisotopic (exact) mass is 1130 g/mol. The summed E-state index contributed by atoms with van der Waals surface area (Å²) in [5, 5.41) is 65.6. The first-order valence-corrected chi connectivity index (χ1v) is 29.1. The number of rotatable bonds is 17. The molecule has 9 aliphatic rings. The van der Waals surface area contributed by atoms with E-state index in [4.69, 9.17) is 71.1 Å². The molecular weight excluding hydrogens is 1040 g/mol. The highest BCUT2D eigenvalue weighted by molar-refractivity contribution is 5.66. The minimum atomic E-state index is -1.59. The predicted molar refractivity (Wildman–Crippen MR) is 276 cm³/mol. The summed E-state index contributed by atoms with van der Waals surface area (Å²) in [5.41, 5.74) is -1.49. The maximum Gasteiger partial charge on any atom is 0.303 e. The highest BCUT2D eigenvalue weighted by atomic mass is 16.8. The fourth-order valence-electron chi connectivity index (χ4n) is 15.9. The lowest BCUT2D eigenvalue weighted by Gasteiger charge is -2.60. The van der Waals surface area contributed by atoms with Gasteiger partial charge in [-0.05, 0) is 109 Å². The van der Waals surface area contributed by atoms with Crippen LogP contribution in [0.5, 0.6) is 0 Å². The topological polar surface area (TPSA) is 277 Å². The van der Waals surface area contributed by atoms with Crippen molar-refractivity contribution >= 4 is 5.97 Å². The number of ether oxygens (including phenoxy) is 15. The van der Waals surface area contributed by atoms with Gasteiger partial charge < -0.3 is 102 Å². The number of carbonyl (C=O) groups excluding carboxylic acids is 1. The third-order valence-electron chi connectivity index (χ3n) is 20.5. The molecule has 5 saturated heterocycles. The van der Waals surface area contributed by atoms with Crippen LogP contribution in [0.1, 0.15) is 120 Å². The Morgan fingerprint density at radius 2 is 1.15 bits per heavy atom. The fraction of sp³-hybridized carbons (Fsp3) is 0.947. The molecule has 0 aromatic heterocycles. The maximum absolute atomic E-state index is 12.9. The van der Waals surface area contributed by atoms with E-state index in [0.29, 0.717) is 31.1 Å². The van der Waals surface area contributed by atoms with Crippen LogP contribution in [0.25, 0.3) is 0 Å². The number of hydrogen-bond donors (Lipinski definition) is 6. The summed E-state index contributed by atoms with van der Waals surface area (Å²) in [6.07, 6.45) is -7.34. The van der Waals surface area contributed by atoms with Gasteiger partial charge in [-0.3, -0.25) is 4.79 Å². The molecule has 8 fully saturated rings. The van der Waals surface area contributed by atoms with Crippen LogP contribution >= 0.6 is 0 Å². The van der Waals surface area contributed by atoms with Crippen LogP contribution in [0, 0.1) is 34.5 Å². The summed E-state index contributed by atoms with van der Waals surface area (Å²) in [7, 11) is 6.26. The highest BCUT2D eigenvalue weighted by Crippen LogP contribution is 2.68. The van der Waals surface area contributed by atoms with Crippen LogP contribution in [0.15, 0.2) is 12.2 Å². The van der Waals surface area contributed by atoms with E-state index in [9.17, 15) is 35.4 Å². The number of aliphatic hydroxyl groups excluding tert-OH is 5. The predicted octanol–water partition coefficient (Wildman–Crippen LogP) is 2.78. The quantitative estimate of drug-likeness (QED) is 0.0903. The average Bonchev–Trinajstić information content (AvgIpc) is 3.83. The van der Waals surface area contributed by atoms with Gasteiger partial charge in [0.1, 0.15) is 61.0 Å². The Labute approximate surface area is 465 Å². The molecule has 0 bridgehead atoms. The van der Waals surface area contributed by atoms with Gasteiger partial charge in [0.25, 0.3) is 0 Å². The largest absolute Gasteiger partial charge is 0.457 e. The summed E-state index contributed by atoms with van der Waals surface area (Å²) in [4.78, 5) is 11.8. The molecule has 0 aromatic carbocycles. The van der Waals surface area contributed by atoms with Crippen LogP contribution < -0.4 is 0 Å². The number of methoxy groups -OCH3 is 4. The van der Waals surface area contributed by atoms with E-state index in [1.807, 2.05) is 27.7 Å². The standard InChI is InChI=1S/C57H94O22/c1-26-48(74-31(6)59)37(65-9)23-43(70-26)78-51-29(4)72-54(47(63)52(51)68-12)75-33-15-18-55(7)32(21-33)13-14-34-35(55)16-19-56(8)36(34)17-20-57(56,64)30(5)73-41-22-38(66-10)49(27(2)69-41)77-42-24-39(67-11)50(28(3)71-42)79-53-46(62)45(61)44(60)40(25-58)76-53/h13-14,26-30,32-54,58,60-64H,15-25H2,1-12H3. The molecule has 5 heterocycles. The van der Waals surface area contributed by atoms with Gasteiger partial charge in [-0.25, -0.2) is 0 Å². The highest BCUT2D eigenvalue weighted by Gasteiger charge is 2.66. The van der Waals surface area contributed by atoms with Crippen LogP contribution in [0.2, 0.25) is 0 Å². The van der Waals surface area contributed by atoms with Crippen molar-refractivity contribution in [2.45, 2.75) is 273 Å². The maximum atomic E-state index is 12.9. The zero-order valence-electron chi connectivity index (χ0n) is 48.3. The summed E-state index contributed by atoms with van der Waals surface area (Å²) in [6, 6.07) is 0. The minimum Gasteiger partial charge on any atom is -0.457 e. The molecule has 454 valence electrons. The molecule has 9 rings (SSSR count). The van der Waals surface area contributed by atoms with Gasteiger partial charge in [0.2, 0.25) is 0 Å². The minimum absolute atomic E-state index is 0.0248. The van der Waals surface area contributed by atoms with E-state index in [-0.39, 0.29) is 29.8 Å². The van der Waals surface area contributed by atoms with Gasteiger partial charge in [-0.15, -0.1) is 0 Å². The Bertz CT molecular complexity index is 2040. The number of esters is 1. The lowest BCUT2D eigenvalue weighted by molar-refractivity contribution is -0.354. The van der Waals surface area contributed by atoms with Crippen molar-refractivity contribution in [2.75, 3.05) is 35.0 Å². The van der Waals surface area contributed by atoms with Crippen LogP contribution in [-0.4, -0.2) is 225 Å². The number of hydrogen-bond acceptors (Lipinski definition) is 22. The molecule has 22 heteroatoms. The van der Waals surface area contributed by atoms with Crippen LogP contribution in [0.4, 0.5) is 0 Å². The summed E-state index contributed by atoms with van der Waals surface area (Å²) >= 11 is 0. The van der Waals surface area contributed by atoms with Crippen molar-refractivity contribution in [3.05, 3.63) is 12.2 Å². The molecule has 0 radical (unpaired) electrons. The average molecular weight is 1130 g/mol. The normalized spacial score (nSPS) is 52.4. The number of carbonyl (C=O) groups is 1. The fourth-order valence-corrected chi connectivity index (χ4v) is 15.9. The van der Waals surface area contributed by atoms with Gasteiger partial charge >= 0.3 is 5.97 Å². The molecule has 0 spiro atoms. The van der Waals surface area contributed by atoms with E-state index in [1.54, 1.807) is 28.3 Å². The first-order valence-electron chi connectivity index (χ1n) is 29.1. The number of allylic oxidation sites excluding steroid dienone is 2. The second kappa shape index (κ2) is 25.2. The molecule has 22 nitrogen and oxygen atoms in total. The molecule has 6 N–H and O–H groups in total. The molecule has 0 amide bonds. The van der Waals surface area contributed by atoms with Gasteiger partial charge in [0.15, 0.2) is 37.6 Å². The number of aliphatic hydroxyl groups is 6. The summed E-state index contributed by atoms with van der Waals surface area (Å²) < 4.78 is 92.4. The van der Waals surface area contributed by atoms with Gasteiger partial charge in [0.05, 0.1) is 61.0 Å². The van der Waals surface area contributed by atoms with E-state index in [2.05, 4.69) is 26.0 Å². The SMILES string of the molecule is COC1CC(OC2C(C)OC(OC3CCC4(C)C(C=CC5C4CCC4(C)C5CCC4(O)C(C)OC4CC(OC)C(OC5CC(OC)C(OC6OC(CO)C(O)C(O)C6O)C(C)O5)C(C)O4)C3)C(O)C2OC)OC(C)C1OC(C)=O. The van der Waals surface area contributed by atoms with Crippen molar-refractivity contribution in [1.82, 2.24) is 0 Å². The Hall–Kier alpha value is -1.59. The third kappa shape index (κ3) is 11.9. The van der Waals surface area contributed by atoms with Gasteiger partial charge in [0, 0.05) is 60.0 Å². The summed E-state index contributed by atoms with van der Waals surface area (Å²) in [5.74, 6) is 0.822. The smallest absolute Gasteiger partial charge is 0.303 e. The molecule has 0 aromatic rings. The van der Waals surface area contributed by atoms with E-state index >= 15 is 0 Å². The lowest BCUT2D eigenvalue weighted by Crippen LogP contribution is -2.62. The second-order valence-corrected chi connectivity index (χ2v) is 24.8. The zero-order valence-corrected chi connectivity index (χ0v) is 48.3. The number of fused-ring (bicyclic) bond motifs is 5. The first kappa shape index (κ1) is 62.0. The Balaban J connectivity index is 0.774. The first-order chi connectivity index (χ1) is 37.5. The van der Waals surface area contributed by atoms with Crippen LogP contribution in [0.3, 0.4) is 0 Å². The molecule has 3 saturated carbocycles. The Morgan fingerprint density at radius 3 is 1.77 bits per heavy atom. The van der Waals surface area contributed by atoms with E-state index < -0.39 is 165 Å². The van der Waals surface area contributed by atoms with Crippen molar-refractivity contribution < 1.29 is 106 Å². The molecule has 4 aliphatic carbocycles. The Kier molecular flexibility index (Phi) is 19.7. The lowest BCUT2D eigenvalue weighted by atomic mass is 9.46. The van der Waals surface area contributed by atoms with Gasteiger partial charge in [-0.1, -0.05) is 26.0 Å². The molecule has 31 unspecified atom stereocenters. The zero-order chi connectivity index (χ0) is 57.0. The third-order valence-corrected chi connectivity index (χ3v) is 20.5.